The molecule has 2 amide bonds. The number of hydrogen-bond acceptors (Lipinski definition) is 3. The van der Waals surface area contributed by atoms with Crippen molar-refractivity contribution in [2.24, 2.45) is 5.92 Å². The van der Waals surface area contributed by atoms with Crippen LogP contribution in [0.15, 0.2) is 36.4 Å². The first-order chi connectivity index (χ1) is 11.0. The van der Waals surface area contributed by atoms with Gasteiger partial charge in [0.1, 0.15) is 0 Å². The summed E-state index contributed by atoms with van der Waals surface area (Å²) in [6.45, 7) is 7.54. The first kappa shape index (κ1) is 17.3. The Bertz CT molecular complexity index is 540. The van der Waals surface area contributed by atoms with Crippen LogP contribution in [0.4, 0.5) is 16.2 Å². The van der Waals surface area contributed by atoms with Gasteiger partial charge in [-0.15, -0.1) is 0 Å². The predicted octanol–water partition coefficient (Wildman–Crippen LogP) is 2.98. The fourth-order valence-corrected chi connectivity index (χ4v) is 2.93. The molecule has 0 saturated carbocycles. The minimum Gasteiger partial charge on any atom is -0.396 e. The highest BCUT2D eigenvalue weighted by Gasteiger charge is 2.19. The summed E-state index contributed by atoms with van der Waals surface area (Å²) in [5.41, 5.74) is 1.92. The lowest BCUT2D eigenvalue weighted by Gasteiger charge is -2.27. The molecule has 23 heavy (non-hydrogen) atoms. The maximum atomic E-state index is 12.0. The molecule has 0 aliphatic heterocycles. The van der Waals surface area contributed by atoms with E-state index in [-0.39, 0.29) is 24.6 Å². The molecule has 1 aromatic rings. The molecular formula is C18H27N3O2. The summed E-state index contributed by atoms with van der Waals surface area (Å²) in [6, 6.07) is 8.09. The summed E-state index contributed by atoms with van der Waals surface area (Å²) in [6.07, 6.45) is 4.64. The highest BCUT2D eigenvalue weighted by Crippen LogP contribution is 2.20. The summed E-state index contributed by atoms with van der Waals surface area (Å²) >= 11 is 0. The standard InChI is InChI=1S/C18H27N3O2/c1-4-21(13(2)3)17-9-7-15(8-10-17)19-18(23)20-16-6-5-14(11-16)12-22/h5-10,13-14,16,22H,4,11-12H2,1-3H3,(H2,19,20,23)/t14-,16+/m0/s1. The van der Waals surface area contributed by atoms with E-state index >= 15 is 0 Å². The van der Waals surface area contributed by atoms with Crippen LogP contribution in [0.1, 0.15) is 27.2 Å². The third-order valence-electron chi connectivity index (χ3n) is 4.14. The van der Waals surface area contributed by atoms with Crippen LogP contribution in [0.3, 0.4) is 0 Å². The maximum absolute atomic E-state index is 12.0. The van der Waals surface area contributed by atoms with Gasteiger partial charge in [0.15, 0.2) is 0 Å². The largest absolute Gasteiger partial charge is 0.396 e. The van der Waals surface area contributed by atoms with Crippen molar-refractivity contribution in [1.29, 1.82) is 0 Å². The van der Waals surface area contributed by atoms with Crippen molar-refractivity contribution in [2.75, 3.05) is 23.4 Å². The summed E-state index contributed by atoms with van der Waals surface area (Å²) in [4.78, 5) is 14.3. The van der Waals surface area contributed by atoms with Gasteiger partial charge in [0.05, 0.1) is 0 Å². The highest BCUT2D eigenvalue weighted by atomic mass is 16.3. The molecule has 0 bridgehead atoms. The minimum atomic E-state index is -0.220. The van der Waals surface area contributed by atoms with Crippen LogP contribution in [0.2, 0.25) is 0 Å². The Kier molecular flexibility index (Phi) is 6.04. The van der Waals surface area contributed by atoms with Crippen molar-refractivity contribution in [3.05, 3.63) is 36.4 Å². The molecule has 2 rings (SSSR count). The van der Waals surface area contributed by atoms with Crippen molar-refractivity contribution in [1.82, 2.24) is 5.32 Å². The lowest BCUT2D eigenvalue weighted by atomic mass is 10.1. The number of benzene rings is 1. The third kappa shape index (κ3) is 4.73. The van der Waals surface area contributed by atoms with Crippen molar-refractivity contribution in [3.63, 3.8) is 0 Å². The fourth-order valence-electron chi connectivity index (χ4n) is 2.93. The molecule has 3 N–H and O–H groups in total. The van der Waals surface area contributed by atoms with Gasteiger partial charge in [0.25, 0.3) is 0 Å². The van der Waals surface area contributed by atoms with Gasteiger partial charge >= 0.3 is 6.03 Å². The second kappa shape index (κ2) is 8.02. The monoisotopic (exact) mass is 317 g/mol. The second-order valence-electron chi connectivity index (χ2n) is 6.19. The molecule has 5 heteroatoms. The van der Waals surface area contributed by atoms with Crippen LogP contribution in [0.25, 0.3) is 0 Å². The van der Waals surface area contributed by atoms with Crippen molar-refractivity contribution >= 4 is 17.4 Å². The van der Waals surface area contributed by atoms with Gasteiger partial charge in [-0.3, -0.25) is 0 Å². The number of carbonyl (C=O) groups excluding carboxylic acids is 1. The number of nitrogens with zero attached hydrogens (tertiary/aromatic N) is 1. The van der Waals surface area contributed by atoms with Gasteiger partial charge in [-0.1, -0.05) is 12.2 Å². The lowest BCUT2D eigenvalue weighted by Crippen LogP contribution is -2.36. The zero-order valence-electron chi connectivity index (χ0n) is 14.1. The number of anilines is 2. The summed E-state index contributed by atoms with van der Waals surface area (Å²) < 4.78 is 0. The Morgan fingerprint density at radius 2 is 2.00 bits per heavy atom. The average Bonchev–Trinajstić information content (AvgIpc) is 2.96. The zero-order valence-corrected chi connectivity index (χ0v) is 14.1. The Labute approximate surface area is 138 Å². The van der Waals surface area contributed by atoms with Crippen LogP contribution in [0, 0.1) is 5.92 Å². The van der Waals surface area contributed by atoms with Crippen LogP contribution >= 0.6 is 0 Å². The second-order valence-corrected chi connectivity index (χ2v) is 6.19. The van der Waals surface area contributed by atoms with E-state index in [0.29, 0.717) is 6.04 Å². The van der Waals surface area contributed by atoms with E-state index in [1.165, 1.54) is 0 Å². The highest BCUT2D eigenvalue weighted by molar-refractivity contribution is 5.89. The molecule has 0 radical (unpaired) electrons. The van der Waals surface area contributed by atoms with E-state index < -0.39 is 0 Å². The van der Waals surface area contributed by atoms with Gasteiger partial charge in [-0.2, -0.15) is 0 Å². The number of hydrogen-bond donors (Lipinski definition) is 3. The quantitative estimate of drug-likeness (QED) is 0.707. The first-order valence-electron chi connectivity index (χ1n) is 8.26. The van der Waals surface area contributed by atoms with Gasteiger partial charge in [0, 0.05) is 42.5 Å². The molecular weight excluding hydrogens is 290 g/mol. The lowest BCUT2D eigenvalue weighted by molar-refractivity contribution is 0.238. The van der Waals surface area contributed by atoms with E-state index in [1.807, 2.05) is 36.4 Å². The molecule has 2 atom stereocenters. The van der Waals surface area contributed by atoms with Crippen LogP contribution in [-0.2, 0) is 0 Å². The Morgan fingerprint density at radius 3 is 2.52 bits per heavy atom. The Morgan fingerprint density at radius 1 is 1.30 bits per heavy atom. The Hall–Kier alpha value is -2.01. The minimum absolute atomic E-state index is 0.0112. The van der Waals surface area contributed by atoms with Gasteiger partial charge in [-0.25, -0.2) is 4.79 Å². The van der Waals surface area contributed by atoms with Crippen molar-refractivity contribution in [3.8, 4) is 0 Å². The van der Waals surface area contributed by atoms with E-state index in [2.05, 4.69) is 36.3 Å². The molecule has 0 unspecified atom stereocenters. The molecule has 0 fully saturated rings. The van der Waals surface area contributed by atoms with E-state index in [1.54, 1.807) is 0 Å². The molecule has 0 heterocycles. The van der Waals surface area contributed by atoms with E-state index in [9.17, 15) is 4.79 Å². The fraction of sp³-hybridized carbons (Fsp3) is 0.500. The number of rotatable bonds is 6. The molecule has 1 aliphatic carbocycles. The number of aliphatic hydroxyl groups excluding tert-OH is 1. The number of amides is 2. The summed E-state index contributed by atoms with van der Waals surface area (Å²) in [5, 5.41) is 14.8. The van der Waals surface area contributed by atoms with Crippen molar-refractivity contribution < 1.29 is 9.90 Å². The molecule has 5 nitrogen and oxygen atoms in total. The molecule has 0 saturated heterocycles. The van der Waals surface area contributed by atoms with Crippen LogP contribution in [0.5, 0.6) is 0 Å². The van der Waals surface area contributed by atoms with Crippen LogP contribution in [-0.4, -0.2) is 36.4 Å². The summed E-state index contributed by atoms with van der Waals surface area (Å²) in [7, 11) is 0. The molecule has 1 aromatic carbocycles. The van der Waals surface area contributed by atoms with Crippen molar-refractivity contribution in [2.45, 2.75) is 39.3 Å². The zero-order chi connectivity index (χ0) is 16.8. The third-order valence-corrected chi connectivity index (χ3v) is 4.14. The van der Waals surface area contributed by atoms with E-state index in [4.69, 9.17) is 5.11 Å². The van der Waals surface area contributed by atoms with Gasteiger partial charge in [-0.05, 0) is 51.5 Å². The molecule has 126 valence electrons. The number of nitrogens with one attached hydrogen (secondary N) is 2. The molecule has 1 aliphatic rings. The Balaban J connectivity index is 1.88. The number of carbonyl (C=O) groups is 1. The topological polar surface area (TPSA) is 64.6 Å². The van der Waals surface area contributed by atoms with Crippen LogP contribution < -0.4 is 15.5 Å². The SMILES string of the molecule is CCN(c1ccc(NC(=O)N[C@@H]2C=C[C@H](CO)C2)cc1)C(C)C. The van der Waals surface area contributed by atoms with E-state index in [0.717, 1.165) is 24.3 Å². The van der Waals surface area contributed by atoms with Gasteiger partial charge < -0.3 is 20.6 Å². The maximum Gasteiger partial charge on any atom is 0.319 e. The number of aliphatic hydroxyl groups is 1. The predicted molar refractivity (Wildman–Crippen MR) is 94.9 cm³/mol. The average molecular weight is 317 g/mol. The summed E-state index contributed by atoms with van der Waals surface area (Å²) in [5.74, 6) is 0.149. The number of urea groups is 1. The molecule has 0 spiro atoms. The normalized spacial score (nSPS) is 19.9. The van der Waals surface area contributed by atoms with Gasteiger partial charge in [0.2, 0.25) is 0 Å². The smallest absolute Gasteiger partial charge is 0.319 e. The first-order valence-corrected chi connectivity index (χ1v) is 8.26. The molecule has 0 aromatic heterocycles.